The molecule has 30 heavy (non-hydrogen) atoms. The van der Waals surface area contributed by atoms with Crippen molar-refractivity contribution in [2.75, 3.05) is 45.0 Å². The second-order valence-electron chi connectivity index (χ2n) is 7.40. The lowest BCUT2D eigenvalue weighted by Crippen LogP contribution is -2.46. The third-order valence-electron chi connectivity index (χ3n) is 5.55. The normalized spacial score (nSPS) is 16.1. The van der Waals surface area contributed by atoms with Crippen LogP contribution in [0.4, 0.5) is 5.69 Å². The summed E-state index contributed by atoms with van der Waals surface area (Å²) in [5, 5.41) is 12.3. The highest BCUT2D eigenvalue weighted by molar-refractivity contribution is 5.49. The van der Waals surface area contributed by atoms with E-state index in [-0.39, 0.29) is 6.79 Å². The average Bonchev–Trinajstić information content (AvgIpc) is 3.43. The van der Waals surface area contributed by atoms with Crippen molar-refractivity contribution in [1.82, 2.24) is 25.1 Å². The van der Waals surface area contributed by atoms with Gasteiger partial charge in [0.2, 0.25) is 6.79 Å². The zero-order valence-corrected chi connectivity index (χ0v) is 16.9. The molecule has 2 aromatic carbocycles. The molecule has 0 saturated carbocycles. The van der Waals surface area contributed by atoms with E-state index in [1.54, 1.807) is 7.11 Å². The molecule has 156 valence electrons. The Labute approximate surface area is 174 Å². The quantitative estimate of drug-likeness (QED) is 0.611. The monoisotopic (exact) mass is 408 g/mol. The molecular formula is C21H24N6O3. The zero-order valence-electron chi connectivity index (χ0n) is 16.9. The van der Waals surface area contributed by atoms with E-state index in [0.29, 0.717) is 6.54 Å². The van der Waals surface area contributed by atoms with Gasteiger partial charge in [0.1, 0.15) is 5.75 Å². The molecule has 1 fully saturated rings. The van der Waals surface area contributed by atoms with Crippen LogP contribution in [0.2, 0.25) is 0 Å². The number of fused-ring (bicyclic) bond motifs is 1. The maximum absolute atomic E-state index is 5.47. The van der Waals surface area contributed by atoms with Crippen LogP contribution in [0.15, 0.2) is 42.5 Å². The van der Waals surface area contributed by atoms with Gasteiger partial charge in [0, 0.05) is 31.9 Å². The number of tetrazole rings is 1. The minimum absolute atomic E-state index is 0.275. The van der Waals surface area contributed by atoms with E-state index in [4.69, 9.17) is 14.2 Å². The van der Waals surface area contributed by atoms with Crippen molar-refractivity contribution in [3.8, 4) is 17.2 Å². The number of hydrogen-bond acceptors (Lipinski definition) is 8. The predicted molar refractivity (Wildman–Crippen MR) is 110 cm³/mol. The van der Waals surface area contributed by atoms with Crippen LogP contribution < -0.4 is 19.1 Å². The van der Waals surface area contributed by atoms with Crippen molar-refractivity contribution >= 4 is 5.69 Å². The van der Waals surface area contributed by atoms with Crippen molar-refractivity contribution in [1.29, 1.82) is 0 Å². The smallest absolute Gasteiger partial charge is 0.231 e. The molecule has 0 bridgehead atoms. The van der Waals surface area contributed by atoms with Gasteiger partial charge in [0.25, 0.3) is 0 Å². The Morgan fingerprint density at radius 1 is 0.933 bits per heavy atom. The van der Waals surface area contributed by atoms with Crippen molar-refractivity contribution in [2.24, 2.45) is 0 Å². The molecule has 2 aliphatic rings. The molecule has 0 radical (unpaired) electrons. The van der Waals surface area contributed by atoms with Gasteiger partial charge in [-0.3, -0.25) is 4.90 Å². The number of aromatic nitrogens is 4. The van der Waals surface area contributed by atoms with Crippen molar-refractivity contribution in [3.05, 3.63) is 53.9 Å². The fraction of sp³-hybridized carbons (Fsp3) is 0.381. The second-order valence-corrected chi connectivity index (χ2v) is 7.40. The van der Waals surface area contributed by atoms with Crippen LogP contribution in [0.3, 0.4) is 0 Å². The summed E-state index contributed by atoms with van der Waals surface area (Å²) < 4.78 is 17.9. The van der Waals surface area contributed by atoms with Gasteiger partial charge in [0.05, 0.1) is 20.2 Å². The molecule has 0 unspecified atom stereocenters. The third kappa shape index (κ3) is 3.88. The molecule has 9 heteroatoms. The Bertz CT molecular complexity index is 998. The first kappa shape index (κ1) is 18.7. The lowest BCUT2D eigenvalue weighted by Gasteiger charge is -2.35. The molecule has 3 aromatic rings. The second kappa shape index (κ2) is 8.19. The molecule has 9 nitrogen and oxygen atoms in total. The van der Waals surface area contributed by atoms with Crippen molar-refractivity contribution in [3.63, 3.8) is 0 Å². The lowest BCUT2D eigenvalue weighted by atomic mass is 10.2. The number of rotatable bonds is 6. The van der Waals surface area contributed by atoms with Gasteiger partial charge in [-0.1, -0.05) is 6.07 Å². The fourth-order valence-corrected chi connectivity index (χ4v) is 3.83. The van der Waals surface area contributed by atoms with Crippen LogP contribution in [-0.2, 0) is 13.1 Å². The molecule has 0 spiro atoms. The van der Waals surface area contributed by atoms with Crippen LogP contribution in [-0.4, -0.2) is 65.2 Å². The summed E-state index contributed by atoms with van der Waals surface area (Å²) in [6.07, 6.45) is 0. The number of anilines is 1. The molecule has 0 aliphatic carbocycles. The molecule has 0 atom stereocenters. The number of hydrogen-bond donors (Lipinski definition) is 0. The van der Waals surface area contributed by atoms with Crippen LogP contribution >= 0.6 is 0 Å². The van der Waals surface area contributed by atoms with E-state index in [1.165, 1.54) is 5.69 Å². The Balaban J connectivity index is 1.19. The Morgan fingerprint density at radius 3 is 2.53 bits per heavy atom. The molecule has 5 rings (SSSR count). The topological polar surface area (TPSA) is 77.8 Å². The first-order valence-corrected chi connectivity index (χ1v) is 10.0. The number of nitrogens with zero attached hydrogens (tertiary/aromatic N) is 6. The van der Waals surface area contributed by atoms with Crippen LogP contribution in [0.5, 0.6) is 17.2 Å². The predicted octanol–water partition coefficient (Wildman–Crippen LogP) is 1.78. The highest BCUT2D eigenvalue weighted by Gasteiger charge is 2.20. The van der Waals surface area contributed by atoms with Crippen LogP contribution in [0.1, 0.15) is 11.4 Å². The van der Waals surface area contributed by atoms with Crippen LogP contribution in [0.25, 0.3) is 0 Å². The Kier molecular flexibility index (Phi) is 5.10. The van der Waals surface area contributed by atoms with Gasteiger partial charge in [-0.15, -0.1) is 5.10 Å². The van der Waals surface area contributed by atoms with E-state index in [1.807, 2.05) is 35.0 Å². The molecule has 1 saturated heterocycles. The summed E-state index contributed by atoms with van der Waals surface area (Å²) in [4.78, 5) is 4.79. The summed E-state index contributed by atoms with van der Waals surface area (Å²) in [6.45, 7) is 5.47. The number of methoxy groups -OCH3 is 1. The fourth-order valence-electron chi connectivity index (χ4n) is 3.83. The molecule has 0 N–H and O–H groups in total. The van der Waals surface area contributed by atoms with E-state index in [2.05, 4.69) is 37.5 Å². The van der Waals surface area contributed by atoms with E-state index in [9.17, 15) is 0 Å². The van der Waals surface area contributed by atoms with Crippen molar-refractivity contribution in [2.45, 2.75) is 13.1 Å². The minimum atomic E-state index is 0.275. The first-order valence-electron chi connectivity index (χ1n) is 10.0. The number of piperazine rings is 1. The molecule has 2 aliphatic heterocycles. The summed E-state index contributed by atoms with van der Waals surface area (Å²) in [6, 6.07) is 14.2. The van der Waals surface area contributed by atoms with Gasteiger partial charge < -0.3 is 19.1 Å². The van der Waals surface area contributed by atoms with E-state index >= 15 is 0 Å². The molecule has 3 heterocycles. The highest BCUT2D eigenvalue weighted by Crippen LogP contribution is 2.32. The Morgan fingerprint density at radius 2 is 1.73 bits per heavy atom. The largest absolute Gasteiger partial charge is 0.497 e. The third-order valence-corrected chi connectivity index (χ3v) is 5.55. The minimum Gasteiger partial charge on any atom is -0.497 e. The molecular weight excluding hydrogens is 384 g/mol. The van der Waals surface area contributed by atoms with Crippen molar-refractivity contribution < 1.29 is 14.2 Å². The van der Waals surface area contributed by atoms with E-state index < -0.39 is 0 Å². The average molecular weight is 408 g/mol. The lowest BCUT2D eigenvalue weighted by molar-refractivity contribution is 0.174. The standard InChI is InChI=1S/C21H24N6O3/c1-28-18-5-3-17(4-6-18)26-10-8-25(9-11-26)14-21-22-23-24-27(21)13-16-2-7-19-20(12-16)30-15-29-19/h2-7,12H,8-11,13-15H2,1H3. The molecule has 0 amide bonds. The highest BCUT2D eigenvalue weighted by atomic mass is 16.7. The summed E-state index contributed by atoms with van der Waals surface area (Å²) in [7, 11) is 1.69. The first-order chi connectivity index (χ1) is 14.8. The van der Waals surface area contributed by atoms with Crippen LogP contribution in [0, 0.1) is 0 Å². The van der Waals surface area contributed by atoms with Gasteiger partial charge in [-0.25, -0.2) is 4.68 Å². The Hall–Kier alpha value is -3.33. The summed E-state index contributed by atoms with van der Waals surface area (Å²) in [5.74, 6) is 3.31. The van der Waals surface area contributed by atoms with Gasteiger partial charge >= 0.3 is 0 Å². The summed E-state index contributed by atoms with van der Waals surface area (Å²) >= 11 is 0. The van der Waals surface area contributed by atoms with Gasteiger partial charge in [0.15, 0.2) is 17.3 Å². The van der Waals surface area contributed by atoms with Gasteiger partial charge in [-0.2, -0.15) is 0 Å². The summed E-state index contributed by atoms with van der Waals surface area (Å²) in [5.41, 5.74) is 2.31. The number of ether oxygens (including phenoxy) is 3. The maximum Gasteiger partial charge on any atom is 0.231 e. The SMILES string of the molecule is COc1ccc(N2CCN(Cc3nnnn3Cc3ccc4c(c3)OCO4)CC2)cc1. The number of benzene rings is 2. The van der Waals surface area contributed by atoms with E-state index in [0.717, 1.165) is 61.4 Å². The van der Waals surface area contributed by atoms with Gasteiger partial charge in [-0.05, 0) is 52.4 Å². The maximum atomic E-state index is 5.47. The molecule has 1 aromatic heterocycles. The zero-order chi connectivity index (χ0) is 20.3.